The van der Waals surface area contributed by atoms with E-state index >= 15 is 0 Å². The van der Waals surface area contributed by atoms with E-state index in [2.05, 4.69) is 13.8 Å². The molecule has 0 aromatic heterocycles. The molecule has 4 nitrogen and oxygen atoms in total. The molecule has 0 saturated heterocycles. The van der Waals surface area contributed by atoms with Gasteiger partial charge in [0.1, 0.15) is 0 Å². The van der Waals surface area contributed by atoms with Crippen molar-refractivity contribution >= 4 is 11.4 Å². The molecule has 0 aliphatic carbocycles. The Morgan fingerprint density at radius 2 is 1.35 bits per heavy atom. The van der Waals surface area contributed by atoms with Gasteiger partial charge in [0.15, 0.2) is 0 Å². The summed E-state index contributed by atoms with van der Waals surface area (Å²) in [5.74, 6) is 0. The molecule has 2 N–H and O–H groups in total. The van der Waals surface area contributed by atoms with Crippen molar-refractivity contribution in [2.45, 2.75) is 27.7 Å². The molecule has 20 heavy (non-hydrogen) atoms. The first-order valence-electron chi connectivity index (χ1n) is 6.35. The van der Waals surface area contributed by atoms with E-state index in [0.717, 1.165) is 16.8 Å². The van der Waals surface area contributed by atoms with E-state index in [-0.39, 0.29) is 10.6 Å². The zero-order valence-electron chi connectivity index (χ0n) is 12.3. The fraction of sp³-hybridized carbons (Fsp3) is 0.250. The van der Waals surface area contributed by atoms with Crippen molar-refractivity contribution in [3.05, 3.63) is 68.8 Å². The molecule has 2 aromatic carbocycles. The van der Waals surface area contributed by atoms with E-state index in [4.69, 9.17) is 5.73 Å². The Morgan fingerprint density at radius 1 is 0.850 bits per heavy atom. The Bertz CT molecular complexity index is 622. The van der Waals surface area contributed by atoms with Gasteiger partial charge in [-0.1, -0.05) is 12.1 Å². The van der Waals surface area contributed by atoms with Gasteiger partial charge >= 0.3 is 0 Å². The third-order valence-electron chi connectivity index (χ3n) is 3.23. The lowest BCUT2D eigenvalue weighted by atomic mass is 10.1. The van der Waals surface area contributed by atoms with Crippen LogP contribution in [-0.2, 0) is 0 Å². The molecule has 0 bridgehead atoms. The van der Waals surface area contributed by atoms with E-state index < -0.39 is 0 Å². The zero-order chi connectivity index (χ0) is 15.3. The number of nitrogen functional groups attached to an aromatic ring is 1. The molecule has 0 radical (unpaired) electrons. The molecule has 0 heterocycles. The van der Waals surface area contributed by atoms with Crippen LogP contribution in [0.5, 0.6) is 0 Å². The molecule has 2 rings (SSSR count). The number of nitrogens with two attached hydrogens (primary N) is 1. The number of hydrogen-bond donors (Lipinski definition) is 1. The fourth-order valence-corrected chi connectivity index (χ4v) is 1.60. The van der Waals surface area contributed by atoms with Gasteiger partial charge in [-0.05, 0) is 62.1 Å². The van der Waals surface area contributed by atoms with Crippen LogP contribution in [0.25, 0.3) is 0 Å². The molecule has 2 aromatic rings. The second-order valence-corrected chi connectivity index (χ2v) is 4.87. The van der Waals surface area contributed by atoms with Gasteiger partial charge in [-0.15, -0.1) is 0 Å². The first-order valence-corrected chi connectivity index (χ1v) is 6.35. The van der Waals surface area contributed by atoms with E-state index in [0.29, 0.717) is 0 Å². The Morgan fingerprint density at radius 3 is 1.75 bits per heavy atom. The average Bonchev–Trinajstić information content (AvgIpc) is 2.38. The molecule has 0 amide bonds. The monoisotopic (exact) mass is 272 g/mol. The van der Waals surface area contributed by atoms with Crippen LogP contribution in [0, 0.1) is 37.8 Å². The maximum absolute atomic E-state index is 10.3. The molecule has 0 unspecified atom stereocenters. The van der Waals surface area contributed by atoms with Gasteiger partial charge in [0, 0.05) is 17.8 Å². The summed E-state index contributed by atoms with van der Waals surface area (Å²) in [6.45, 7) is 7.93. The van der Waals surface area contributed by atoms with Crippen LogP contribution in [0.3, 0.4) is 0 Å². The zero-order valence-corrected chi connectivity index (χ0v) is 12.3. The minimum atomic E-state index is -0.382. The largest absolute Gasteiger partial charge is 0.399 e. The molecule has 4 heteroatoms. The third kappa shape index (κ3) is 4.39. The summed E-state index contributed by atoms with van der Waals surface area (Å²) in [6.07, 6.45) is 0. The van der Waals surface area contributed by atoms with Gasteiger partial charge in [0.2, 0.25) is 0 Å². The fourth-order valence-electron chi connectivity index (χ4n) is 1.60. The van der Waals surface area contributed by atoms with Gasteiger partial charge in [-0.2, -0.15) is 0 Å². The number of nitro groups is 1. The molecular weight excluding hydrogens is 252 g/mol. The molecule has 0 spiro atoms. The predicted octanol–water partition coefficient (Wildman–Crippen LogP) is 4.10. The van der Waals surface area contributed by atoms with Crippen molar-refractivity contribution in [2.24, 2.45) is 0 Å². The number of non-ortho nitro benzene ring substituents is 1. The highest BCUT2D eigenvalue weighted by Crippen LogP contribution is 2.15. The van der Waals surface area contributed by atoms with Crippen molar-refractivity contribution in [1.29, 1.82) is 0 Å². The topological polar surface area (TPSA) is 69.2 Å². The molecular formula is C16H20N2O2. The second-order valence-electron chi connectivity index (χ2n) is 4.87. The van der Waals surface area contributed by atoms with Crippen LogP contribution in [0.1, 0.15) is 22.3 Å². The third-order valence-corrected chi connectivity index (χ3v) is 3.23. The van der Waals surface area contributed by atoms with Crippen molar-refractivity contribution in [3.63, 3.8) is 0 Å². The van der Waals surface area contributed by atoms with Crippen molar-refractivity contribution in [2.75, 3.05) is 5.73 Å². The summed E-state index contributed by atoms with van der Waals surface area (Å²) < 4.78 is 0. The van der Waals surface area contributed by atoms with Gasteiger partial charge in [-0.25, -0.2) is 0 Å². The number of benzene rings is 2. The SMILES string of the molecule is Cc1ccc(N)cc1C.Cc1ccc([N+](=O)[O-])cc1C. The van der Waals surface area contributed by atoms with Crippen LogP contribution in [-0.4, -0.2) is 4.92 Å². The second kappa shape index (κ2) is 6.70. The summed E-state index contributed by atoms with van der Waals surface area (Å²) >= 11 is 0. The molecule has 0 aliphatic rings. The van der Waals surface area contributed by atoms with E-state index in [1.54, 1.807) is 12.1 Å². The van der Waals surface area contributed by atoms with Crippen LogP contribution in [0.4, 0.5) is 11.4 Å². The number of nitrogens with zero attached hydrogens (tertiary/aromatic N) is 1. The van der Waals surface area contributed by atoms with E-state index in [9.17, 15) is 10.1 Å². The van der Waals surface area contributed by atoms with Crippen LogP contribution < -0.4 is 5.73 Å². The lowest BCUT2D eigenvalue weighted by Crippen LogP contribution is -1.89. The maximum atomic E-state index is 10.3. The highest BCUT2D eigenvalue weighted by atomic mass is 16.6. The van der Waals surface area contributed by atoms with Crippen LogP contribution in [0.15, 0.2) is 36.4 Å². The standard InChI is InChI=1S/C8H9NO2.C8H11N/c1-6-3-4-8(9(10)11)5-7(6)2;1-6-3-4-8(9)5-7(6)2/h3-5H,1-2H3;3-5H,9H2,1-2H3. The molecule has 106 valence electrons. The molecule has 0 fully saturated rings. The number of anilines is 1. The highest BCUT2D eigenvalue weighted by molar-refractivity contribution is 5.43. The smallest absolute Gasteiger partial charge is 0.269 e. The Kier molecular flexibility index (Phi) is 5.26. The van der Waals surface area contributed by atoms with Crippen LogP contribution in [0.2, 0.25) is 0 Å². The van der Waals surface area contributed by atoms with Crippen molar-refractivity contribution in [1.82, 2.24) is 0 Å². The minimum absolute atomic E-state index is 0.160. The van der Waals surface area contributed by atoms with Gasteiger partial charge in [0.25, 0.3) is 5.69 Å². The number of rotatable bonds is 1. The summed E-state index contributed by atoms with van der Waals surface area (Å²) in [5.41, 5.74) is 11.1. The number of hydrogen-bond acceptors (Lipinski definition) is 3. The maximum Gasteiger partial charge on any atom is 0.269 e. The quantitative estimate of drug-likeness (QED) is 0.482. The normalized spacial score (nSPS) is 9.60. The summed E-state index contributed by atoms with van der Waals surface area (Å²) in [4.78, 5) is 9.89. The number of nitro benzene ring substituents is 1. The number of aryl methyl sites for hydroxylation is 4. The van der Waals surface area contributed by atoms with Gasteiger partial charge in [0.05, 0.1) is 4.92 Å². The highest BCUT2D eigenvalue weighted by Gasteiger charge is 2.04. The molecule has 0 atom stereocenters. The van der Waals surface area contributed by atoms with Gasteiger partial charge in [-0.3, -0.25) is 10.1 Å². The van der Waals surface area contributed by atoms with Crippen molar-refractivity contribution < 1.29 is 4.92 Å². The summed E-state index contributed by atoms with van der Waals surface area (Å²) in [7, 11) is 0. The Balaban J connectivity index is 0.000000204. The van der Waals surface area contributed by atoms with Crippen LogP contribution >= 0.6 is 0 Å². The lowest BCUT2D eigenvalue weighted by Gasteiger charge is -1.98. The predicted molar refractivity (Wildman–Crippen MR) is 82.9 cm³/mol. The Hall–Kier alpha value is -2.36. The Labute approximate surface area is 119 Å². The first kappa shape index (κ1) is 15.7. The summed E-state index contributed by atoms with van der Waals surface area (Å²) in [5, 5.41) is 10.3. The van der Waals surface area contributed by atoms with E-state index in [1.165, 1.54) is 17.2 Å². The van der Waals surface area contributed by atoms with E-state index in [1.807, 2.05) is 32.0 Å². The molecule has 0 aliphatic heterocycles. The summed E-state index contributed by atoms with van der Waals surface area (Å²) in [6, 6.07) is 10.8. The lowest BCUT2D eigenvalue weighted by molar-refractivity contribution is -0.384. The minimum Gasteiger partial charge on any atom is -0.399 e. The first-order chi connectivity index (χ1) is 9.31. The van der Waals surface area contributed by atoms with Crippen molar-refractivity contribution in [3.8, 4) is 0 Å². The average molecular weight is 272 g/mol. The molecule has 0 saturated carbocycles. The van der Waals surface area contributed by atoms with Gasteiger partial charge < -0.3 is 5.73 Å².